The second-order valence-electron chi connectivity index (χ2n) is 4.48. The minimum atomic E-state index is 0.00574. The number of carbonyl (C=O) groups excluding carboxylic acids is 1. The lowest BCUT2D eigenvalue weighted by molar-refractivity contribution is 0.0751. The van der Waals surface area contributed by atoms with Crippen LogP contribution in [0.25, 0.3) is 0 Å². The average molecular weight is 239 g/mol. The van der Waals surface area contributed by atoms with Crippen molar-refractivity contribution in [2.24, 2.45) is 0 Å². The fourth-order valence-electron chi connectivity index (χ4n) is 2.26. The molecule has 1 heterocycles. The van der Waals surface area contributed by atoms with Gasteiger partial charge in [-0.15, -0.1) is 0 Å². The van der Waals surface area contributed by atoms with Crippen LogP contribution in [-0.2, 0) is 13.1 Å². The van der Waals surface area contributed by atoms with Crippen LogP contribution in [0.2, 0.25) is 0 Å². The SMILES string of the molecule is O=C(c1ccc(O)cc1)N1Cc2ccccc2C1. The molecule has 3 nitrogen and oxygen atoms in total. The fourth-order valence-corrected chi connectivity index (χ4v) is 2.26. The highest BCUT2D eigenvalue weighted by molar-refractivity contribution is 5.94. The lowest BCUT2D eigenvalue weighted by atomic mass is 10.1. The van der Waals surface area contributed by atoms with Crippen LogP contribution in [0.4, 0.5) is 0 Å². The third-order valence-electron chi connectivity index (χ3n) is 3.24. The Labute approximate surface area is 105 Å². The molecule has 0 spiro atoms. The molecule has 1 amide bonds. The van der Waals surface area contributed by atoms with E-state index in [1.807, 2.05) is 17.0 Å². The summed E-state index contributed by atoms with van der Waals surface area (Å²) in [4.78, 5) is 14.1. The second kappa shape index (κ2) is 4.18. The molecule has 0 saturated carbocycles. The average Bonchev–Trinajstić information content (AvgIpc) is 2.82. The number of rotatable bonds is 1. The molecule has 0 radical (unpaired) electrons. The Morgan fingerprint density at radius 2 is 1.50 bits per heavy atom. The van der Waals surface area contributed by atoms with E-state index in [0.29, 0.717) is 18.7 Å². The molecule has 18 heavy (non-hydrogen) atoms. The quantitative estimate of drug-likeness (QED) is 0.830. The van der Waals surface area contributed by atoms with E-state index in [4.69, 9.17) is 0 Å². The molecule has 0 aromatic heterocycles. The van der Waals surface area contributed by atoms with Gasteiger partial charge in [0.05, 0.1) is 0 Å². The predicted molar refractivity (Wildman–Crippen MR) is 68.1 cm³/mol. The molecule has 1 aliphatic rings. The van der Waals surface area contributed by atoms with Crippen LogP contribution in [-0.4, -0.2) is 15.9 Å². The van der Waals surface area contributed by atoms with Gasteiger partial charge in [-0.1, -0.05) is 24.3 Å². The van der Waals surface area contributed by atoms with E-state index in [0.717, 1.165) is 0 Å². The Balaban J connectivity index is 1.82. The first kappa shape index (κ1) is 10.8. The molecule has 1 N–H and O–H groups in total. The maximum atomic E-state index is 12.3. The van der Waals surface area contributed by atoms with Crippen LogP contribution in [0.3, 0.4) is 0 Å². The van der Waals surface area contributed by atoms with Gasteiger partial charge in [-0.2, -0.15) is 0 Å². The normalized spacial score (nSPS) is 13.4. The van der Waals surface area contributed by atoms with E-state index in [1.165, 1.54) is 23.3 Å². The van der Waals surface area contributed by atoms with E-state index in [2.05, 4.69) is 12.1 Å². The van der Waals surface area contributed by atoms with Crippen molar-refractivity contribution in [3.63, 3.8) is 0 Å². The van der Waals surface area contributed by atoms with Gasteiger partial charge in [0, 0.05) is 18.7 Å². The summed E-state index contributed by atoms with van der Waals surface area (Å²) in [7, 11) is 0. The highest BCUT2D eigenvalue weighted by Crippen LogP contribution is 2.24. The van der Waals surface area contributed by atoms with Crippen molar-refractivity contribution in [3.05, 3.63) is 65.2 Å². The molecule has 3 rings (SSSR count). The van der Waals surface area contributed by atoms with Gasteiger partial charge in [-0.25, -0.2) is 0 Å². The number of amides is 1. The Hall–Kier alpha value is -2.29. The third-order valence-corrected chi connectivity index (χ3v) is 3.24. The minimum absolute atomic E-state index is 0.00574. The number of nitrogens with zero attached hydrogens (tertiary/aromatic N) is 1. The Morgan fingerprint density at radius 3 is 2.06 bits per heavy atom. The number of fused-ring (bicyclic) bond motifs is 1. The summed E-state index contributed by atoms with van der Waals surface area (Å²) in [5.41, 5.74) is 3.04. The molecule has 0 fully saturated rings. The van der Waals surface area contributed by atoms with Crippen LogP contribution in [0, 0.1) is 0 Å². The summed E-state index contributed by atoms with van der Waals surface area (Å²) in [5.74, 6) is 0.183. The van der Waals surface area contributed by atoms with E-state index in [9.17, 15) is 9.90 Å². The Morgan fingerprint density at radius 1 is 0.944 bits per heavy atom. The number of benzene rings is 2. The van der Waals surface area contributed by atoms with Gasteiger partial charge in [0.15, 0.2) is 0 Å². The molecule has 0 aliphatic carbocycles. The van der Waals surface area contributed by atoms with Crippen molar-refractivity contribution in [1.82, 2.24) is 4.90 Å². The molecule has 0 unspecified atom stereocenters. The first-order chi connectivity index (χ1) is 8.74. The molecule has 0 bridgehead atoms. The van der Waals surface area contributed by atoms with Gasteiger partial charge in [-0.05, 0) is 35.4 Å². The number of phenolic OH excluding ortho intramolecular Hbond substituents is 1. The van der Waals surface area contributed by atoms with Crippen LogP contribution < -0.4 is 0 Å². The number of phenols is 1. The van der Waals surface area contributed by atoms with Crippen LogP contribution in [0.15, 0.2) is 48.5 Å². The molecule has 90 valence electrons. The van der Waals surface area contributed by atoms with E-state index in [-0.39, 0.29) is 11.7 Å². The van der Waals surface area contributed by atoms with Crippen molar-refractivity contribution in [1.29, 1.82) is 0 Å². The van der Waals surface area contributed by atoms with Gasteiger partial charge in [0.25, 0.3) is 5.91 Å². The largest absolute Gasteiger partial charge is 0.508 e. The highest BCUT2D eigenvalue weighted by atomic mass is 16.3. The number of carbonyl (C=O) groups is 1. The molecular weight excluding hydrogens is 226 g/mol. The molecule has 2 aromatic rings. The molecule has 1 aliphatic heterocycles. The molecule has 0 atom stereocenters. The Bertz CT molecular complexity index is 565. The third kappa shape index (κ3) is 1.84. The first-order valence-corrected chi connectivity index (χ1v) is 5.89. The second-order valence-corrected chi connectivity index (χ2v) is 4.48. The highest BCUT2D eigenvalue weighted by Gasteiger charge is 2.23. The maximum absolute atomic E-state index is 12.3. The topological polar surface area (TPSA) is 40.5 Å². The molecule has 0 saturated heterocycles. The summed E-state index contributed by atoms with van der Waals surface area (Å²) in [5, 5.41) is 9.22. The lowest BCUT2D eigenvalue weighted by Gasteiger charge is -2.15. The predicted octanol–water partition coefficient (Wildman–Crippen LogP) is 2.55. The summed E-state index contributed by atoms with van der Waals surface area (Å²) in [6.07, 6.45) is 0. The van der Waals surface area contributed by atoms with Gasteiger partial charge in [0.2, 0.25) is 0 Å². The first-order valence-electron chi connectivity index (χ1n) is 5.89. The zero-order valence-electron chi connectivity index (χ0n) is 9.84. The lowest BCUT2D eigenvalue weighted by Crippen LogP contribution is -2.25. The van der Waals surface area contributed by atoms with Gasteiger partial charge in [-0.3, -0.25) is 4.79 Å². The molecule has 2 aromatic carbocycles. The van der Waals surface area contributed by atoms with Crippen molar-refractivity contribution in [2.75, 3.05) is 0 Å². The van der Waals surface area contributed by atoms with Crippen LogP contribution in [0.5, 0.6) is 5.75 Å². The number of hydrogen-bond donors (Lipinski definition) is 1. The van der Waals surface area contributed by atoms with Crippen molar-refractivity contribution < 1.29 is 9.90 Å². The zero-order valence-corrected chi connectivity index (χ0v) is 9.84. The van der Waals surface area contributed by atoms with Gasteiger partial charge >= 0.3 is 0 Å². The van der Waals surface area contributed by atoms with Crippen molar-refractivity contribution in [2.45, 2.75) is 13.1 Å². The monoisotopic (exact) mass is 239 g/mol. The number of hydrogen-bond acceptors (Lipinski definition) is 2. The van der Waals surface area contributed by atoms with Crippen molar-refractivity contribution >= 4 is 5.91 Å². The van der Waals surface area contributed by atoms with Crippen molar-refractivity contribution in [3.8, 4) is 5.75 Å². The summed E-state index contributed by atoms with van der Waals surface area (Å²) in [6, 6.07) is 14.5. The summed E-state index contributed by atoms with van der Waals surface area (Å²) < 4.78 is 0. The van der Waals surface area contributed by atoms with Gasteiger partial charge in [0.1, 0.15) is 5.75 Å². The molecule has 3 heteroatoms. The Kier molecular flexibility index (Phi) is 2.52. The smallest absolute Gasteiger partial charge is 0.254 e. The summed E-state index contributed by atoms with van der Waals surface area (Å²) >= 11 is 0. The maximum Gasteiger partial charge on any atom is 0.254 e. The van der Waals surface area contributed by atoms with E-state index >= 15 is 0 Å². The fraction of sp³-hybridized carbons (Fsp3) is 0.133. The van der Waals surface area contributed by atoms with Crippen LogP contribution >= 0.6 is 0 Å². The van der Waals surface area contributed by atoms with E-state index < -0.39 is 0 Å². The molecular formula is C15H13NO2. The summed E-state index contributed by atoms with van der Waals surface area (Å²) in [6.45, 7) is 1.33. The zero-order chi connectivity index (χ0) is 12.5. The van der Waals surface area contributed by atoms with E-state index in [1.54, 1.807) is 12.1 Å². The minimum Gasteiger partial charge on any atom is -0.508 e. The standard InChI is InChI=1S/C15H13NO2/c17-14-7-5-11(6-8-14)15(18)16-9-12-3-1-2-4-13(12)10-16/h1-8,17H,9-10H2. The van der Waals surface area contributed by atoms with Crippen LogP contribution in [0.1, 0.15) is 21.5 Å². The number of aromatic hydroxyl groups is 1. The van der Waals surface area contributed by atoms with Gasteiger partial charge < -0.3 is 10.0 Å².